The monoisotopic (exact) mass is 256 g/mol. The maximum atomic E-state index is 13.0. The summed E-state index contributed by atoms with van der Waals surface area (Å²) in [6.45, 7) is 2.46. The van der Waals surface area contributed by atoms with Gasteiger partial charge < -0.3 is 5.21 Å². The molecular weight excluding hydrogens is 243 g/mol. The van der Waals surface area contributed by atoms with E-state index in [0.29, 0.717) is 0 Å². The number of piperidine rings is 1. The molecule has 1 heterocycles. The van der Waals surface area contributed by atoms with Crippen LogP contribution in [0, 0.1) is 5.82 Å². The van der Waals surface area contributed by atoms with Crippen molar-refractivity contribution < 1.29 is 9.60 Å². The predicted octanol–water partition coefficient (Wildman–Crippen LogP) is 2.91. The van der Waals surface area contributed by atoms with Gasteiger partial charge in [-0.3, -0.25) is 4.90 Å². The lowest BCUT2D eigenvalue weighted by atomic mass is 10.1. The normalized spacial score (nSPS) is 17.2. The molecule has 0 unspecified atom stereocenters. The van der Waals surface area contributed by atoms with Gasteiger partial charge in [0.2, 0.25) is 0 Å². The van der Waals surface area contributed by atoms with Crippen LogP contribution in [-0.2, 0) is 6.54 Å². The molecule has 0 atom stereocenters. The zero-order chi connectivity index (χ0) is 12.3. The number of rotatable bonds is 2. The summed E-state index contributed by atoms with van der Waals surface area (Å²) < 4.78 is 13.0. The first kappa shape index (κ1) is 12.3. The Morgan fingerprint density at radius 2 is 2.06 bits per heavy atom. The van der Waals surface area contributed by atoms with Crippen molar-refractivity contribution in [2.24, 2.45) is 5.16 Å². The average Bonchev–Trinajstić information content (AvgIpc) is 2.35. The summed E-state index contributed by atoms with van der Waals surface area (Å²) in [5.41, 5.74) is 1.85. The van der Waals surface area contributed by atoms with Crippen molar-refractivity contribution in [3.8, 4) is 0 Å². The summed E-state index contributed by atoms with van der Waals surface area (Å²) in [5.74, 6) is -0.385. The van der Waals surface area contributed by atoms with Crippen LogP contribution in [0.25, 0.3) is 0 Å². The summed E-state index contributed by atoms with van der Waals surface area (Å²) >= 11 is 5.73. The van der Waals surface area contributed by atoms with Crippen LogP contribution in [0.15, 0.2) is 23.4 Å². The van der Waals surface area contributed by atoms with Crippen molar-refractivity contribution in [3.63, 3.8) is 0 Å². The van der Waals surface area contributed by atoms with Gasteiger partial charge in [-0.05, 0) is 17.7 Å². The van der Waals surface area contributed by atoms with E-state index in [2.05, 4.69) is 10.1 Å². The van der Waals surface area contributed by atoms with Gasteiger partial charge in [-0.1, -0.05) is 22.8 Å². The van der Waals surface area contributed by atoms with Gasteiger partial charge in [0, 0.05) is 32.5 Å². The zero-order valence-corrected chi connectivity index (χ0v) is 10.1. The van der Waals surface area contributed by atoms with Crippen molar-refractivity contribution in [1.29, 1.82) is 0 Å². The van der Waals surface area contributed by atoms with E-state index < -0.39 is 0 Å². The maximum Gasteiger partial charge on any atom is 0.141 e. The molecule has 0 bridgehead atoms. The van der Waals surface area contributed by atoms with E-state index in [9.17, 15) is 4.39 Å². The lowest BCUT2D eigenvalue weighted by molar-refractivity contribution is 0.256. The van der Waals surface area contributed by atoms with Crippen LogP contribution in [-0.4, -0.2) is 28.9 Å². The third-order valence-electron chi connectivity index (χ3n) is 2.96. The Kier molecular flexibility index (Phi) is 3.97. The van der Waals surface area contributed by atoms with Crippen LogP contribution >= 0.6 is 11.6 Å². The van der Waals surface area contributed by atoms with E-state index in [1.54, 1.807) is 12.1 Å². The van der Waals surface area contributed by atoms with Crippen LogP contribution in [0.1, 0.15) is 18.4 Å². The van der Waals surface area contributed by atoms with E-state index >= 15 is 0 Å². The van der Waals surface area contributed by atoms with Gasteiger partial charge in [-0.15, -0.1) is 0 Å². The Morgan fingerprint density at radius 1 is 1.35 bits per heavy atom. The fourth-order valence-electron chi connectivity index (χ4n) is 1.97. The highest BCUT2D eigenvalue weighted by molar-refractivity contribution is 6.30. The SMILES string of the molecule is ON=C1CCN(Cc2ccc(F)c(Cl)c2)CC1. The Morgan fingerprint density at radius 3 is 2.65 bits per heavy atom. The first-order chi connectivity index (χ1) is 8.19. The minimum atomic E-state index is -0.385. The van der Waals surface area contributed by atoms with Crippen LogP contribution in [0.5, 0.6) is 0 Å². The molecule has 1 N–H and O–H groups in total. The second-order valence-corrected chi connectivity index (χ2v) is 4.60. The van der Waals surface area contributed by atoms with Crippen LogP contribution in [0.2, 0.25) is 5.02 Å². The molecule has 1 aliphatic heterocycles. The third-order valence-corrected chi connectivity index (χ3v) is 3.25. The van der Waals surface area contributed by atoms with Crippen molar-refractivity contribution in [2.75, 3.05) is 13.1 Å². The second kappa shape index (κ2) is 5.47. The van der Waals surface area contributed by atoms with Crippen molar-refractivity contribution in [1.82, 2.24) is 4.90 Å². The lowest BCUT2D eigenvalue weighted by Crippen LogP contribution is -2.33. The predicted molar refractivity (Wildman–Crippen MR) is 65.1 cm³/mol. The molecule has 17 heavy (non-hydrogen) atoms. The highest BCUT2D eigenvalue weighted by Crippen LogP contribution is 2.18. The van der Waals surface area contributed by atoms with E-state index in [0.717, 1.165) is 43.8 Å². The minimum absolute atomic E-state index is 0.164. The van der Waals surface area contributed by atoms with E-state index in [4.69, 9.17) is 16.8 Å². The third kappa shape index (κ3) is 3.17. The summed E-state index contributed by atoms with van der Waals surface area (Å²) in [4.78, 5) is 2.23. The number of benzene rings is 1. The molecule has 1 saturated heterocycles. The highest BCUT2D eigenvalue weighted by Gasteiger charge is 2.15. The number of nitrogens with zero attached hydrogens (tertiary/aromatic N) is 2. The number of likely N-dealkylation sites (tertiary alicyclic amines) is 1. The molecule has 0 saturated carbocycles. The van der Waals surface area contributed by atoms with Crippen molar-refractivity contribution >= 4 is 17.3 Å². The summed E-state index contributed by atoms with van der Waals surface area (Å²) in [6, 6.07) is 4.80. The van der Waals surface area contributed by atoms with Crippen LogP contribution < -0.4 is 0 Å². The standard InChI is InChI=1S/C12H14ClFN2O/c13-11-7-9(1-2-12(11)14)8-16-5-3-10(15-17)4-6-16/h1-2,7,17H,3-6,8H2. The number of halogens is 2. The fraction of sp³-hybridized carbons (Fsp3) is 0.417. The highest BCUT2D eigenvalue weighted by atomic mass is 35.5. The van der Waals surface area contributed by atoms with Gasteiger partial charge in [-0.25, -0.2) is 4.39 Å². The summed E-state index contributed by atoms with van der Waals surface area (Å²) in [6.07, 6.45) is 1.57. The molecule has 0 radical (unpaired) electrons. The lowest BCUT2D eigenvalue weighted by Gasteiger charge is -2.26. The fourth-order valence-corrected chi connectivity index (χ4v) is 2.17. The largest absolute Gasteiger partial charge is 0.411 e. The van der Waals surface area contributed by atoms with Gasteiger partial charge in [0.25, 0.3) is 0 Å². The van der Waals surface area contributed by atoms with E-state index in [-0.39, 0.29) is 10.8 Å². The van der Waals surface area contributed by atoms with Crippen LogP contribution in [0.3, 0.4) is 0 Å². The Balaban J connectivity index is 1.95. The first-order valence-electron chi connectivity index (χ1n) is 5.55. The van der Waals surface area contributed by atoms with E-state index in [1.165, 1.54) is 6.07 Å². The number of hydrogen-bond acceptors (Lipinski definition) is 3. The molecule has 0 amide bonds. The first-order valence-corrected chi connectivity index (χ1v) is 5.93. The Labute approximate surface area is 104 Å². The smallest absolute Gasteiger partial charge is 0.141 e. The molecule has 92 valence electrons. The second-order valence-electron chi connectivity index (χ2n) is 4.19. The number of hydrogen-bond donors (Lipinski definition) is 1. The molecule has 1 aromatic carbocycles. The molecule has 0 spiro atoms. The summed E-state index contributed by atoms with van der Waals surface area (Å²) in [7, 11) is 0. The molecule has 5 heteroatoms. The van der Waals surface area contributed by atoms with Crippen LogP contribution in [0.4, 0.5) is 4.39 Å². The zero-order valence-electron chi connectivity index (χ0n) is 9.37. The van der Waals surface area contributed by atoms with Gasteiger partial charge in [0.05, 0.1) is 10.7 Å². The van der Waals surface area contributed by atoms with Gasteiger partial charge >= 0.3 is 0 Å². The van der Waals surface area contributed by atoms with Crippen molar-refractivity contribution in [3.05, 3.63) is 34.6 Å². The topological polar surface area (TPSA) is 35.8 Å². The number of oxime groups is 1. The van der Waals surface area contributed by atoms with Gasteiger partial charge in [0.1, 0.15) is 5.82 Å². The van der Waals surface area contributed by atoms with Crippen molar-refractivity contribution in [2.45, 2.75) is 19.4 Å². The molecule has 0 aromatic heterocycles. The van der Waals surface area contributed by atoms with Gasteiger partial charge in [0.15, 0.2) is 0 Å². The minimum Gasteiger partial charge on any atom is -0.411 e. The molecule has 0 aliphatic carbocycles. The molecule has 1 aromatic rings. The Hall–Kier alpha value is -1.13. The van der Waals surface area contributed by atoms with Gasteiger partial charge in [-0.2, -0.15) is 0 Å². The van der Waals surface area contributed by atoms with E-state index in [1.807, 2.05) is 0 Å². The maximum absolute atomic E-state index is 13.0. The molecular formula is C12H14ClFN2O. The Bertz CT molecular complexity index is 427. The molecule has 1 aliphatic rings. The quantitative estimate of drug-likeness (QED) is 0.652. The summed E-state index contributed by atoms with van der Waals surface area (Å²) in [5, 5.41) is 12.0. The average molecular weight is 257 g/mol. The molecule has 2 rings (SSSR count). The molecule has 1 fully saturated rings. The molecule has 3 nitrogen and oxygen atoms in total.